The molecule has 2 amide bonds. The molecule has 0 saturated heterocycles. The van der Waals surface area contributed by atoms with Crippen molar-refractivity contribution < 1.29 is 9.59 Å². The number of anilines is 1. The van der Waals surface area contributed by atoms with Crippen LogP contribution in [-0.4, -0.2) is 66.1 Å². The zero-order valence-electron chi connectivity index (χ0n) is 24.1. The predicted molar refractivity (Wildman–Crippen MR) is 160 cm³/mol. The van der Waals surface area contributed by atoms with Crippen LogP contribution < -0.4 is 21.5 Å². The van der Waals surface area contributed by atoms with E-state index in [-0.39, 0.29) is 29.6 Å². The summed E-state index contributed by atoms with van der Waals surface area (Å²) >= 11 is 0. The van der Waals surface area contributed by atoms with Gasteiger partial charge >= 0.3 is 0 Å². The van der Waals surface area contributed by atoms with Crippen molar-refractivity contribution >= 4 is 23.8 Å². The summed E-state index contributed by atoms with van der Waals surface area (Å²) in [4.78, 5) is 48.2. The standard InChI is InChI=1S/C30H39N7O3/c1-18(2)34-27-24(16-31)23(29(39)33-17-25-19(3)13-20(4)35-30(25)40)15-26(36-27)21-9-7-10-22(14-21)28(38)32-11-8-12-37(5)6/h7,9-10,13-16,18,31H,8,11-12,17H2,1-6H3,(H,32,38)(H,33,39)(H,34,36)(H,35,40). The second kappa shape index (κ2) is 13.7. The van der Waals surface area contributed by atoms with E-state index in [4.69, 9.17) is 10.4 Å². The summed E-state index contributed by atoms with van der Waals surface area (Å²) in [5.41, 5.74) is 3.93. The van der Waals surface area contributed by atoms with Crippen molar-refractivity contribution in [1.29, 1.82) is 5.41 Å². The number of aryl methyl sites for hydroxylation is 2. The van der Waals surface area contributed by atoms with E-state index in [1.165, 1.54) is 0 Å². The number of carbonyl (C=O) groups excluding carboxylic acids is 2. The Morgan fingerprint density at radius 3 is 2.50 bits per heavy atom. The number of hydrogen-bond donors (Lipinski definition) is 5. The number of benzene rings is 1. The molecule has 2 aromatic heterocycles. The van der Waals surface area contributed by atoms with Gasteiger partial charge in [0.2, 0.25) is 0 Å². The maximum atomic E-state index is 13.4. The number of aromatic amines is 1. The van der Waals surface area contributed by atoms with Crippen molar-refractivity contribution in [2.45, 2.75) is 46.7 Å². The number of aromatic nitrogens is 2. The Labute approximate surface area is 235 Å². The van der Waals surface area contributed by atoms with Crippen molar-refractivity contribution in [3.05, 3.63) is 80.3 Å². The zero-order valence-corrected chi connectivity index (χ0v) is 24.1. The van der Waals surface area contributed by atoms with E-state index in [2.05, 4.69) is 25.8 Å². The Bertz CT molecular complexity index is 1440. The normalized spacial score (nSPS) is 11.0. The third-order valence-corrected chi connectivity index (χ3v) is 6.28. The molecule has 0 aliphatic heterocycles. The lowest BCUT2D eigenvalue weighted by molar-refractivity contribution is 0.0943. The summed E-state index contributed by atoms with van der Waals surface area (Å²) in [5.74, 6) is -0.243. The van der Waals surface area contributed by atoms with Crippen LogP contribution in [0.4, 0.5) is 5.82 Å². The van der Waals surface area contributed by atoms with Gasteiger partial charge in [-0.05, 0) is 84.6 Å². The molecule has 5 N–H and O–H groups in total. The van der Waals surface area contributed by atoms with E-state index in [0.717, 1.165) is 30.4 Å². The Morgan fingerprint density at radius 1 is 1.10 bits per heavy atom. The quantitative estimate of drug-likeness (QED) is 0.174. The molecule has 2 heterocycles. The van der Waals surface area contributed by atoms with Crippen LogP contribution in [0, 0.1) is 19.3 Å². The van der Waals surface area contributed by atoms with Crippen molar-refractivity contribution in [3.63, 3.8) is 0 Å². The lowest BCUT2D eigenvalue weighted by atomic mass is 10.0. The van der Waals surface area contributed by atoms with Crippen LogP contribution in [0.2, 0.25) is 0 Å². The highest BCUT2D eigenvalue weighted by molar-refractivity contribution is 6.05. The van der Waals surface area contributed by atoms with Crippen molar-refractivity contribution in [2.24, 2.45) is 0 Å². The van der Waals surface area contributed by atoms with Crippen LogP contribution in [0.5, 0.6) is 0 Å². The van der Waals surface area contributed by atoms with Gasteiger partial charge in [0, 0.05) is 53.3 Å². The summed E-state index contributed by atoms with van der Waals surface area (Å²) in [7, 11) is 3.98. The van der Waals surface area contributed by atoms with Crippen molar-refractivity contribution in [3.8, 4) is 11.3 Å². The summed E-state index contributed by atoms with van der Waals surface area (Å²) in [6.07, 6.45) is 1.93. The number of hydrogen-bond acceptors (Lipinski definition) is 7. The Kier molecular flexibility index (Phi) is 10.3. The average Bonchev–Trinajstić information content (AvgIpc) is 2.89. The first kappa shape index (κ1) is 30.2. The van der Waals surface area contributed by atoms with Crippen molar-refractivity contribution in [1.82, 2.24) is 25.5 Å². The molecule has 0 fully saturated rings. The summed E-state index contributed by atoms with van der Waals surface area (Å²) in [6, 6.07) is 10.5. The van der Waals surface area contributed by atoms with Gasteiger partial charge in [0.05, 0.1) is 11.3 Å². The molecular formula is C30H39N7O3. The minimum absolute atomic E-state index is 0.00888. The fourth-order valence-corrected chi connectivity index (χ4v) is 4.30. The second-order valence-electron chi connectivity index (χ2n) is 10.4. The monoisotopic (exact) mass is 545 g/mol. The highest BCUT2D eigenvalue weighted by atomic mass is 16.2. The minimum Gasteiger partial charge on any atom is -0.367 e. The van der Waals surface area contributed by atoms with E-state index in [0.29, 0.717) is 40.3 Å². The topological polar surface area (TPSA) is 143 Å². The SMILES string of the molecule is Cc1cc(C)c(CNC(=O)c2cc(-c3cccc(C(=O)NCCCN(C)C)c3)nc(NC(C)C)c2C=N)c(=O)[nH]1. The largest absolute Gasteiger partial charge is 0.367 e. The van der Waals surface area contributed by atoms with E-state index < -0.39 is 5.91 Å². The fourth-order valence-electron chi connectivity index (χ4n) is 4.30. The van der Waals surface area contributed by atoms with Crippen LogP contribution in [0.25, 0.3) is 11.3 Å². The van der Waals surface area contributed by atoms with Crippen LogP contribution in [0.3, 0.4) is 0 Å². The Hall–Kier alpha value is -4.31. The molecule has 0 atom stereocenters. The highest BCUT2D eigenvalue weighted by Crippen LogP contribution is 2.26. The van der Waals surface area contributed by atoms with Crippen LogP contribution in [-0.2, 0) is 6.54 Å². The van der Waals surface area contributed by atoms with E-state index in [1.807, 2.05) is 47.0 Å². The van der Waals surface area contributed by atoms with Gasteiger partial charge in [-0.15, -0.1) is 0 Å². The van der Waals surface area contributed by atoms with Crippen LogP contribution in [0.1, 0.15) is 63.4 Å². The molecule has 0 bridgehead atoms. The molecule has 10 heteroatoms. The second-order valence-corrected chi connectivity index (χ2v) is 10.4. The third kappa shape index (κ3) is 7.86. The first-order chi connectivity index (χ1) is 19.0. The zero-order chi connectivity index (χ0) is 29.4. The molecule has 3 aromatic rings. The van der Waals surface area contributed by atoms with Gasteiger partial charge in [-0.3, -0.25) is 14.4 Å². The van der Waals surface area contributed by atoms with E-state index in [1.54, 1.807) is 31.2 Å². The number of nitrogens with one attached hydrogen (secondary N) is 5. The van der Waals surface area contributed by atoms with Gasteiger partial charge in [-0.1, -0.05) is 12.1 Å². The first-order valence-electron chi connectivity index (χ1n) is 13.3. The lowest BCUT2D eigenvalue weighted by Crippen LogP contribution is -2.29. The van der Waals surface area contributed by atoms with Gasteiger partial charge in [-0.25, -0.2) is 4.98 Å². The number of pyridine rings is 2. The molecule has 10 nitrogen and oxygen atoms in total. The van der Waals surface area contributed by atoms with Crippen molar-refractivity contribution in [2.75, 3.05) is 32.5 Å². The molecule has 212 valence electrons. The van der Waals surface area contributed by atoms with Gasteiger partial charge in [-0.2, -0.15) is 0 Å². The molecule has 0 saturated carbocycles. The third-order valence-electron chi connectivity index (χ3n) is 6.28. The van der Waals surface area contributed by atoms with Gasteiger partial charge in [0.25, 0.3) is 17.4 Å². The van der Waals surface area contributed by atoms with E-state index in [9.17, 15) is 14.4 Å². The summed E-state index contributed by atoms with van der Waals surface area (Å²) in [6.45, 7) is 8.98. The smallest absolute Gasteiger partial charge is 0.253 e. The number of H-pyrrole nitrogens is 1. The molecular weight excluding hydrogens is 506 g/mol. The molecule has 3 rings (SSSR count). The number of carbonyl (C=O) groups is 2. The molecule has 0 radical (unpaired) electrons. The minimum atomic E-state index is -0.442. The summed E-state index contributed by atoms with van der Waals surface area (Å²) < 4.78 is 0. The molecule has 0 unspecified atom stereocenters. The van der Waals surface area contributed by atoms with Gasteiger partial charge in [0.15, 0.2) is 0 Å². The first-order valence-corrected chi connectivity index (χ1v) is 13.3. The Balaban J connectivity index is 1.95. The van der Waals surface area contributed by atoms with Gasteiger partial charge in [0.1, 0.15) is 5.82 Å². The molecule has 0 aliphatic carbocycles. The van der Waals surface area contributed by atoms with E-state index >= 15 is 0 Å². The molecule has 40 heavy (non-hydrogen) atoms. The highest BCUT2D eigenvalue weighted by Gasteiger charge is 2.20. The lowest BCUT2D eigenvalue weighted by Gasteiger charge is -2.17. The van der Waals surface area contributed by atoms with Crippen LogP contribution in [0.15, 0.2) is 41.2 Å². The average molecular weight is 546 g/mol. The Morgan fingerprint density at radius 2 is 1.85 bits per heavy atom. The number of rotatable bonds is 12. The maximum absolute atomic E-state index is 13.4. The fraction of sp³-hybridized carbons (Fsp3) is 0.367. The number of amides is 2. The van der Waals surface area contributed by atoms with Gasteiger partial charge < -0.3 is 31.2 Å². The molecule has 0 aliphatic rings. The number of nitrogens with zero attached hydrogens (tertiary/aromatic N) is 2. The van der Waals surface area contributed by atoms with Crippen LogP contribution >= 0.6 is 0 Å². The predicted octanol–water partition coefficient (Wildman–Crippen LogP) is 3.48. The molecule has 1 aromatic carbocycles. The maximum Gasteiger partial charge on any atom is 0.253 e. The summed E-state index contributed by atoms with van der Waals surface area (Å²) in [5, 5.41) is 17.0. The molecule has 0 spiro atoms.